The van der Waals surface area contributed by atoms with E-state index in [1.54, 1.807) is 0 Å². The van der Waals surface area contributed by atoms with Gasteiger partial charge in [0.2, 0.25) is 0 Å². The van der Waals surface area contributed by atoms with Gasteiger partial charge >= 0.3 is 0 Å². The molecule has 4 nitrogen and oxygen atoms in total. The highest BCUT2D eigenvalue weighted by molar-refractivity contribution is 7.80. The van der Waals surface area contributed by atoms with Gasteiger partial charge in [-0.1, -0.05) is 38.2 Å². The molecule has 1 saturated heterocycles. The maximum Gasteiger partial charge on any atom is 0.273 e. The molecule has 0 saturated carbocycles. The fourth-order valence-corrected chi connectivity index (χ4v) is 2.11. The lowest BCUT2D eigenvalue weighted by Gasteiger charge is -2.00. The molecule has 1 fully saturated rings. The molecule has 0 radical (unpaired) electrons. The van der Waals surface area contributed by atoms with E-state index < -0.39 is 0 Å². The average molecular weight is 270 g/mol. The van der Waals surface area contributed by atoms with Crippen LogP contribution in [0.25, 0.3) is 0 Å². The van der Waals surface area contributed by atoms with Gasteiger partial charge in [-0.05, 0) is 31.5 Å². The number of aliphatic hydroxyl groups is 1. The number of rotatable bonds is 9. The third-order valence-electron chi connectivity index (χ3n) is 2.93. The molecule has 5 heteroatoms. The second-order valence-corrected chi connectivity index (χ2v) is 4.92. The molecule has 1 aliphatic heterocycles. The normalized spacial score (nSPS) is 17.1. The van der Waals surface area contributed by atoms with Gasteiger partial charge in [-0.2, -0.15) is 0 Å². The Morgan fingerprint density at radius 1 is 1.00 bits per heavy atom. The molecular weight excluding hydrogens is 248 g/mol. The summed E-state index contributed by atoms with van der Waals surface area (Å²) in [5.41, 5.74) is 0.586. The van der Waals surface area contributed by atoms with Crippen molar-refractivity contribution in [1.82, 2.24) is 10.6 Å². The summed E-state index contributed by atoms with van der Waals surface area (Å²) in [4.78, 5) is 11.3. The summed E-state index contributed by atoms with van der Waals surface area (Å²) in [7, 11) is 0. The van der Waals surface area contributed by atoms with Gasteiger partial charge in [0.1, 0.15) is 5.70 Å². The second-order valence-electron chi connectivity index (χ2n) is 4.51. The molecule has 0 unspecified atom stereocenters. The van der Waals surface area contributed by atoms with Gasteiger partial charge in [-0.25, -0.2) is 0 Å². The van der Waals surface area contributed by atoms with E-state index in [2.05, 4.69) is 10.6 Å². The van der Waals surface area contributed by atoms with Crippen molar-refractivity contribution < 1.29 is 9.90 Å². The van der Waals surface area contributed by atoms with Crippen LogP contribution < -0.4 is 10.6 Å². The zero-order valence-electron chi connectivity index (χ0n) is 10.7. The number of allylic oxidation sites excluding steroid dienone is 1. The van der Waals surface area contributed by atoms with Crippen LogP contribution in [0.15, 0.2) is 11.8 Å². The van der Waals surface area contributed by atoms with E-state index in [4.69, 9.17) is 17.3 Å². The first-order valence-electron chi connectivity index (χ1n) is 6.67. The number of aliphatic hydroxyl groups excluding tert-OH is 1. The zero-order valence-corrected chi connectivity index (χ0v) is 11.5. The number of unbranched alkanes of at least 4 members (excludes halogenated alkanes) is 7. The third-order valence-corrected chi connectivity index (χ3v) is 3.13. The van der Waals surface area contributed by atoms with Crippen molar-refractivity contribution in [2.24, 2.45) is 0 Å². The molecule has 3 N–H and O–H groups in total. The molecule has 0 atom stereocenters. The van der Waals surface area contributed by atoms with Gasteiger partial charge in [0, 0.05) is 6.61 Å². The van der Waals surface area contributed by atoms with Gasteiger partial charge < -0.3 is 10.4 Å². The third kappa shape index (κ3) is 6.12. The maximum absolute atomic E-state index is 11.3. The predicted octanol–water partition coefficient (Wildman–Crippen LogP) is 1.99. The van der Waals surface area contributed by atoms with E-state index in [-0.39, 0.29) is 5.91 Å². The summed E-state index contributed by atoms with van der Waals surface area (Å²) in [6, 6.07) is 0. The molecule has 0 bridgehead atoms. The van der Waals surface area contributed by atoms with Gasteiger partial charge in [-0.3, -0.25) is 10.1 Å². The van der Waals surface area contributed by atoms with E-state index in [1.165, 1.54) is 25.7 Å². The van der Waals surface area contributed by atoms with Crippen molar-refractivity contribution in [2.75, 3.05) is 6.61 Å². The standard InChI is InChI=1S/C13H22N2O2S/c16-10-8-6-4-2-1-3-5-7-9-11-12(17)15-13(18)14-11/h9,16H,1-8,10H2,(H2,14,15,17,18). The Morgan fingerprint density at radius 3 is 2.17 bits per heavy atom. The first-order chi connectivity index (χ1) is 8.74. The lowest BCUT2D eigenvalue weighted by Crippen LogP contribution is -2.21. The molecule has 0 aliphatic carbocycles. The van der Waals surface area contributed by atoms with Crippen LogP contribution in [0.5, 0.6) is 0 Å². The number of hydrogen-bond donors (Lipinski definition) is 3. The number of hydrogen-bond acceptors (Lipinski definition) is 3. The quantitative estimate of drug-likeness (QED) is 0.341. The minimum atomic E-state index is -0.121. The van der Waals surface area contributed by atoms with Crippen molar-refractivity contribution in [3.63, 3.8) is 0 Å². The van der Waals surface area contributed by atoms with Crippen LogP contribution >= 0.6 is 12.2 Å². The van der Waals surface area contributed by atoms with E-state index >= 15 is 0 Å². The van der Waals surface area contributed by atoms with Crippen LogP contribution in [0.4, 0.5) is 0 Å². The summed E-state index contributed by atoms with van der Waals surface area (Å²) in [5, 5.41) is 14.4. The topological polar surface area (TPSA) is 61.4 Å². The minimum Gasteiger partial charge on any atom is -0.396 e. The van der Waals surface area contributed by atoms with E-state index in [0.29, 0.717) is 17.4 Å². The Kier molecular flexibility index (Phi) is 7.60. The molecule has 102 valence electrons. The van der Waals surface area contributed by atoms with Crippen molar-refractivity contribution in [3.8, 4) is 0 Å². The molecule has 0 aromatic heterocycles. The summed E-state index contributed by atoms with van der Waals surface area (Å²) in [5.74, 6) is -0.121. The fourth-order valence-electron chi connectivity index (χ4n) is 1.91. The van der Waals surface area contributed by atoms with Gasteiger partial charge in [0.05, 0.1) is 0 Å². The lowest BCUT2D eigenvalue weighted by molar-refractivity contribution is -0.115. The number of nitrogens with one attached hydrogen (secondary N) is 2. The Hall–Kier alpha value is -0.940. The molecule has 0 aromatic carbocycles. The Bertz CT molecular complexity index is 316. The SMILES string of the molecule is O=C1NC(=S)NC1=CCCCCCCCCCO. The first-order valence-corrected chi connectivity index (χ1v) is 7.08. The molecule has 1 aliphatic rings. The van der Waals surface area contributed by atoms with Crippen LogP contribution in [0.2, 0.25) is 0 Å². The van der Waals surface area contributed by atoms with Crippen molar-refractivity contribution >= 4 is 23.2 Å². The summed E-state index contributed by atoms with van der Waals surface area (Å²) < 4.78 is 0. The summed E-state index contributed by atoms with van der Waals surface area (Å²) in [6.45, 7) is 0.310. The highest BCUT2D eigenvalue weighted by Crippen LogP contribution is 2.10. The van der Waals surface area contributed by atoms with Crippen molar-refractivity contribution in [2.45, 2.75) is 51.4 Å². The van der Waals surface area contributed by atoms with Crippen molar-refractivity contribution in [1.29, 1.82) is 0 Å². The number of amides is 1. The predicted molar refractivity (Wildman–Crippen MR) is 76.0 cm³/mol. The molecule has 1 rings (SSSR count). The van der Waals surface area contributed by atoms with E-state index in [0.717, 1.165) is 25.7 Å². The monoisotopic (exact) mass is 270 g/mol. The second kappa shape index (κ2) is 9.05. The van der Waals surface area contributed by atoms with Gasteiger partial charge in [0.15, 0.2) is 5.11 Å². The highest BCUT2D eigenvalue weighted by atomic mass is 32.1. The summed E-state index contributed by atoms with van der Waals surface area (Å²) >= 11 is 4.84. The van der Waals surface area contributed by atoms with E-state index in [9.17, 15) is 4.79 Å². The Morgan fingerprint density at radius 2 is 1.61 bits per heavy atom. The van der Waals surface area contributed by atoms with Gasteiger partial charge in [0.25, 0.3) is 5.91 Å². The number of carbonyl (C=O) groups excluding carboxylic acids is 1. The minimum absolute atomic E-state index is 0.121. The molecular formula is C13H22N2O2S. The molecule has 0 spiro atoms. The van der Waals surface area contributed by atoms with Crippen LogP contribution in [0.3, 0.4) is 0 Å². The van der Waals surface area contributed by atoms with Gasteiger partial charge in [-0.15, -0.1) is 0 Å². The zero-order chi connectivity index (χ0) is 13.2. The van der Waals surface area contributed by atoms with Crippen molar-refractivity contribution in [3.05, 3.63) is 11.8 Å². The molecule has 1 heterocycles. The van der Waals surface area contributed by atoms with E-state index in [1.807, 2.05) is 6.08 Å². The smallest absolute Gasteiger partial charge is 0.273 e. The molecule has 0 aromatic rings. The van der Waals surface area contributed by atoms with Crippen LogP contribution in [-0.2, 0) is 4.79 Å². The largest absolute Gasteiger partial charge is 0.396 e. The first kappa shape index (κ1) is 15.1. The Labute approximate surface area is 114 Å². The Balaban J connectivity index is 1.97. The van der Waals surface area contributed by atoms with Crippen LogP contribution in [0.1, 0.15) is 51.4 Å². The van der Waals surface area contributed by atoms with Crippen LogP contribution in [-0.4, -0.2) is 22.7 Å². The number of carbonyl (C=O) groups is 1. The van der Waals surface area contributed by atoms with Crippen LogP contribution in [0, 0.1) is 0 Å². The maximum atomic E-state index is 11.3. The molecule has 1 amide bonds. The average Bonchev–Trinajstić information content (AvgIpc) is 2.66. The fraction of sp³-hybridized carbons (Fsp3) is 0.692. The molecule has 18 heavy (non-hydrogen) atoms. The lowest BCUT2D eigenvalue weighted by atomic mass is 10.1. The highest BCUT2D eigenvalue weighted by Gasteiger charge is 2.18. The summed E-state index contributed by atoms with van der Waals surface area (Å²) in [6.07, 6.45) is 10.8. The number of thiocarbonyl (C=S) groups is 1.